The molecule has 0 radical (unpaired) electrons. The minimum absolute atomic E-state index is 0.124. The van der Waals surface area contributed by atoms with E-state index < -0.39 is 0 Å². The predicted octanol–water partition coefficient (Wildman–Crippen LogP) is 2.84. The highest BCUT2D eigenvalue weighted by Crippen LogP contribution is 2.35. The number of hydrogen-bond acceptors (Lipinski definition) is 2. The highest BCUT2D eigenvalue weighted by atomic mass is 16.3. The molecule has 0 bridgehead atoms. The third-order valence-corrected chi connectivity index (χ3v) is 3.90. The average molecular weight is 233 g/mol. The van der Waals surface area contributed by atoms with Crippen molar-refractivity contribution in [2.45, 2.75) is 37.8 Å². The zero-order chi connectivity index (χ0) is 12.3. The molecule has 1 fully saturated rings. The third kappa shape index (κ3) is 2.88. The van der Waals surface area contributed by atoms with Crippen LogP contribution in [0.25, 0.3) is 0 Å². The van der Waals surface area contributed by atoms with Crippen molar-refractivity contribution in [3.8, 4) is 0 Å². The normalized spacial score (nSPS) is 20.7. The molecule has 1 N–H and O–H groups in total. The molecule has 1 aromatic carbocycles. The van der Waals surface area contributed by atoms with E-state index in [1.165, 1.54) is 31.2 Å². The monoisotopic (exact) mass is 233 g/mol. The largest absolute Gasteiger partial charge is 0.391 e. The summed E-state index contributed by atoms with van der Waals surface area (Å²) in [6, 6.07) is 10.5. The van der Waals surface area contributed by atoms with Gasteiger partial charge in [-0.05, 0) is 38.4 Å². The summed E-state index contributed by atoms with van der Waals surface area (Å²) in [5.41, 5.74) is 1.22. The van der Waals surface area contributed by atoms with Crippen LogP contribution in [-0.2, 0) is 0 Å². The van der Waals surface area contributed by atoms with Crippen LogP contribution >= 0.6 is 0 Å². The molecule has 0 saturated heterocycles. The summed E-state index contributed by atoms with van der Waals surface area (Å²) in [4.78, 5) is 2.14. The summed E-state index contributed by atoms with van der Waals surface area (Å²) >= 11 is 0. The van der Waals surface area contributed by atoms with Gasteiger partial charge in [0, 0.05) is 0 Å². The second-order valence-electron chi connectivity index (χ2n) is 5.35. The molecule has 0 aromatic heterocycles. The lowest BCUT2D eigenvalue weighted by Crippen LogP contribution is -2.35. The van der Waals surface area contributed by atoms with Crippen molar-refractivity contribution < 1.29 is 5.11 Å². The Hall–Kier alpha value is -0.860. The average Bonchev–Trinajstić information content (AvgIpc) is 2.83. The molecular weight excluding hydrogens is 210 g/mol. The first kappa shape index (κ1) is 12.6. The molecule has 1 aliphatic carbocycles. The Kier molecular flexibility index (Phi) is 4.19. The van der Waals surface area contributed by atoms with Gasteiger partial charge in [0.1, 0.15) is 0 Å². The van der Waals surface area contributed by atoms with Gasteiger partial charge in [-0.25, -0.2) is 0 Å². The molecule has 0 spiro atoms. The van der Waals surface area contributed by atoms with Gasteiger partial charge >= 0.3 is 0 Å². The standard InChI is InChI=1S/C15H23NO/c1-16(2)14(12-8-4-3-5-9-12)15(17)13-10-6-7-11-13/h3-5,8-9,13-15,17H,6-7,10-11H2,1-2H3/t14-,15+/m1/s1. The maximum atomic E-state index is 10.6. The molecule has 0 unspecified atom stereocenters. The van der Waals surface area contributed by atoms with Gasteiger partial charge in [-0.15, -0.1) is 0 Å². The predicted molar refractivity (Wildman–Crippen MR) is 70.8 cm³/mol. The quantitative estimate of drug-likeness (QED) is 0.864. The minimum Gasteiger partial charge on any atom is -0.391 e. The molecule has 1 aliphatic rings. The topological polar surface area (TPSA) is 23.5 Å². The van der Waals surface area contributed by atoms with Crippen molar-refractivity contribution in [1.82, 2.24) is 4.90 Å². The molecular formula is C15H23NO. The molecule has 2 rings (SSSR count). The van der Waals surface area contributed by atoms with Crippen LogP contribution in [0.3, 0.4) is 0 Å². The van der Waals surface area contributed by atoms with E-state index in [-0.39, 0.29) is 12.1 Å². The van der Waals surface area contributed by atoms with E-state index in [0.717, 1.165) is 0 Å². The first-order chi connectivity index (χ1) is 8.20. The van der Waals surface area contributed by atoms with Crippen molar-refractivity contribution in [3.05, 3.63) is 35.9 Å². The molecule has 94 valence electrons. The lowest BCUT2D eigenvalue weighted by atomic mass is 9.89. The van der Waals surface area contributed by atoms with Crippen molar-refractivity contribution in [3.63, 3.8) is 0 Å². The number of aliphatic hydroxyl groups is 1. The Morgan fingerprint density at radius 1 is 1.12 bits per heavy atom. The Labute approximate surface area is 104 Å². The van der Waals surface area contributed by atoms with Gasteiger partial charge < -0.3 is 10.0 Å². The fourth-order valence-electron chi connectivity index (χ4n) is 3.01. The first-order valence-corrected chi connectivity index (χ1v) is 6.59. The van der Waals surface area contributed by atoms with Crippen LogP contribution in [0.15, 0.2) is 30.3 Å². The maximum absolute atomic E-state index is 10.6. The smallest absolute Gasteiger partial charge is 0.0764 e. The van der Waals surface area contributed by atoms with Crippen LogP contribution in [0.2, 0.25) is 0 Å². The number of rotatable bonds is 4. The Morgan fingerprint density at radius 2 is 1.71 bits per heavy atom. The number of likely N-dealkylation sites (N-methyl/N-ethyl adjacent to an activating group) is 1. The van der Waals surface area contributed by atoms with Gasteiger partial charge in [0.2, 0.25) is 0 Å². The summed E-state index contributed by atoms with van der Waals surface area (Å²) in [5.74, 6) is 0.475. The summed E-state index contributed by atoms with van der Waals surface area (Å²) in [7, 11) is 4.10. The van der Waals surface area contributed by atoms with Crippen LogP contribution in [0, 0.1) is 5.92 Å². The van der Waals surface area contributed by atoms with Crippen molar-refractivity contribution in [1.29, 1.82) is 0 Å². The molecule has 2 atom stereocenters. The van der Waals surface area contributed by atoms with Gasteiger partial charge in [-0.1, -0.05) is 43.2 Å². The highest BCUT2D eigenvalue weighted by Gasteiger charge is 2.31. The van der Waals surface area contributed by atoms with Gasteiger partial charge in [0.15, 0.2) is 0 Å². The number of aliphatic hydroxyl groups excluding tert-OH is 1. The lowest BCUT2D eigenvalue weighted by molar-refractivity contribution is 0.0302. The zero-order valence-electron chi connectivity index (χ0n) is 10.8. The molecule has 2 heteroatoms. The van der Waals surface area contributed by atoms with Gasteiger partial charge in [-0.3, -0.25) is 0 Å². The summed E-state index contributed by atoms with van der Waals surface area (Å²) in [6.45, 7) is 0. The van der Waals surface area contributed by atoms with Gasteiger partial charge in [0.25, 0.3) is 0 Å². The molecule has 0 aliphatic heterocycles. The van der Waals surface area contributed by atoms with E-state index in [4.69, 9.17) is 0 Å². The highest BCUT2D eigenvalue weighted by molar-refractivity contribution is 5.20. The van der Waals surface area contributed by atoms with Crippen LogP contribution in [0.4, 0.5) is 0 Å². The van der Waals surface area contributed by atoms with Crippen molar-refractivity contribution in [2.75, 3.05) is 14.1 Å². The van der Waals surface area contributed by atoms with Crippen LogP contribution in [0.5, 0.6) is 0 Å². The second kappa shape index (κ2) is 5.65. The Bertz CT molecular complexity index is 330. The molecule has 0 heterocycles. The van der Waals surface area contributed by atoms with Crippen molar-refractivity contribution >= 4 is 0 Å². The number of nitrogens with zero attached hydrogens (tertiary/aromatic N) is 1. The Balaban J connectivity index is 2.17. The summed E-state index contributed by atoms with van der Waals surface area (Å²) in [6.07, 6.45) is 4.67. The fraction of sp³-hybridized carbons (Fsp3) is 0.600. The van der Waals surface area contributed by atoms with E-state index in [2.05, 4.69) is 31.1 Å². The Morgan fingerprint density at radius 3 is 2.24 bits per heavy atom. The minimum atomic E-state index is -0.241. The maximum Gasteiger partial charge on any atom is 0.0764 e. The van der Waals surface area contributed by atoms with Gasteiger partial charge in [0.05, 0.1) is 12.1 Å². The van der Waals surface area contributed by atoms with Crippen LogP contribution in [-0.4, -0.2) is 30.2 Å². The third-order valence-electron chi connectivity index (χ3n) is 3.90. The SMILES string of the molecule is CN(C)[C@H](c1ccccc1)[C@@H](O)C1CCCC1. The number of hydrogen-bond donors (Lipinski definition) is 1. The first-order valence-electron chi connectivity index (χ1n) is 6.59. The van der Waals surface area contributed by atoms with E-state index in [1.807, 2.05) is 18.2 Å². The molecule has 17 heavy (non-hydrogen) atoms. The van der Waals surface area contributed by atoms with E-state index in [9.17, 15) is 5.11 Å². The van der Waals surface area contributed by atoms with Gasteiger partial charge in [-0.2, -0.15) is 0 Å². The van der Waals surface area contributed by atoms with Crippen LogP contribution in [0.1, 0.15) is 37.3 Å². The number of benzene rings is 1. The molecule has 0 amide bonds. The lowest BCUT2D eigenvalue weighted by Gasteiger charge is -2.33. The van der Waals surface area contributed by atoms with E-state index >= 15 is 0 Å². The van der Waals surface area contributed by atoms with E-state index in [0.29, 0.717) is 5.92 Å². The molecule has 1 aromatic rings. The van der Waals surface area contributed by atoms with E-state index in [1.54, 1.807) is 0 Å². The molecule has 1 saturated carbocycles. The fourth-order valence-corrected chi connectivity index (χ4v) is 3.01. The van der Waals surface area contributed by atoms with Crippen LogP contribution < -0.4 is 0 Å². The summed E-state index contributed by atoms with van der Waals surface area (Å²) < 4.78 is 0. The summed E-state index contributed by atoms with van der Waals surface area (Å²) in [5, 5.41) is 10.6. The second-order valence-corrected chi connectivity index (χ2v) is 5.35. The zero-order valence-corrected chi connectivity index (χ0v) is 10.8. The van der Waals surface area contributed by atoms with Crippen molar-refractivity contribution in [2.24, 2.45) is 5.92 Å². The molecule has 2 nitrogen and oxygen atoms in total.